The molecule has 4 aromatic rings. The van der Waals surface area contributed by atoms with Crippen molar-refractivity contribution >= 4 is 16.6 Å². The lowest BCUT2D eigenvalue weighted by Crippen LogP contribution is -2.38. The monoisotopic (exact) mass is 563 g/mol. The first-order valence-corrected chi connectivity index (χ1v) is 14.2. The molecule has 4 heterocycles. The van der Waals surface area contributed by atoms with Gasteiger partial charge >= 0.3 is 0 Å². The summed E-state index contributed by atoms with van der Waals surface area (Å²) in [5.74, 6) is -0.0621. The number of aliphatic hydroxyl groups excluding tert-OH is 1. The largest absolute Gasteiger partial charge is 0.468 e. The molecule has 0 saturated carbocycles. The first kappa shape index (κ1) is 30.2. The van der Waals surface area contributed by atoms with Crippen molar-refractivity contribution in [1.82, 2.24) is 20.2 Å². The molecule has 6 rings (SSSR count). The smallest absolute Gasteiger partial charge is 0.233 e. The molecule has 9 nitrogen and oxygen atoms in total. The van der Waals surface area contributed by atoms with Gasteiger partial charge in [-0.25, -0.2) is 14.4 Å². The quantitative estimate of drug-likeness (QED) is 0.336. The molecule has 1 unspecified atom stereocenters. The molecule has 2 aliphatic heterocycles. The SMILES string of the molecule is CC.CC.Cc1cc(F)c(-c2ncnc3cc(N4CCOCC4)ccc23)cc1C(O)c1ccc(OC2COC2)nn1. The van der Waals surface area contributed by atoms with E-state index in [2.05, 4.69) is 25.1 Å². The molecule has 41 heavy (non-hydrogen) atoms. The highest BCUT2D eigenvalue weighted by atomic mass is 19.1. The molecule has 1 atom stereocenters. The molecule has 10 heteroatoms. The number of rotatable bonds is 6. The number of aryl methyl sites for hydroxylation is 1. The zero-order chi connectivity index (χ0) is 29.4. The lowest BCUT2D eigenvalue weighted by Gasteiger charge is -2.29. The topological polar surface area (TPSA) is 103 Å². The molecule has 0 aliphatic carbocycles. The zero-order valence-electron chi connectivity index (χ0n) is 24.3. The fraction of sp³-hybridized carbons (Fsp3) is 0.419. The number of hydrogen-bond acceptors (Lipinski definition) is 9. The Bertz CT molecular complexity index is 1430. The van der Waals surface area contributed by atoms with Crippen LogP contribution >= 0.6 is 0 Å². The lowest BCUT2D eigenvalue weighted by molar-refractivity contribution is -0.0816. The Kier molecular flexibility index (Phi) is 10.5. The Morgan fingerprint density at radius 3 is 2.37 bits per heavy atom. The summed E-state index contributed by atoms with van der Waals surface area (Å²) in [4.78, 5) is 11.1. The average molecular weight is 564 g/mol. The van der Waals surface area contributed by atoms with Crippen LogP contribution in [0.2, 0.25) is 0 Å². The van der Waals surface area contributed by atoms with Crippen molar-refractivity contribution in [3.05, 3.63) is 71.4 Å². The minimum Gasteiger partial charge on any atom is -0.468 e. The van der Waals surface area contributed by atoms with Gasteiger partial charge in [-0.05, 0) is 54.4 Å². The Morgan fingerprint density at radius 1 is 0.951 bits per heavy atom. The van der Waals surface area contributed by atoms with E-state index in [-0.39, 0.29) is 11.7 Å². The molecule has 0 bridgehead atoms. The van der Waals surface area contributed by atoms with Gasteiger partial charge in [0.05, 0.1) is 43.3 Å². The number of aliphatic hydroxyl groups is 1. The first-order valence-electron chi connectivity index (χ1n) is 14.2. The summed E-state index contributed by atoms with van der Waals surface area (Å²) < 4.78 is 31.5. The van der Waals surface area contributed by atoms with E-state index in [1.807, 2.05) is 45.9 Å². The Balaban J connectivity index is 0.000000929. The summed E-state index contributed by atoms with van der Waals surface area (Å²) in [6.45, 7) is 13.8. The van der Waals surface area contributed by atoms with Crippen LogP contribution in [0.3, 0.4) is 0 Å². The van der Waals surface area contributed by atoms with E-state index in [9.17, 15) is 5.11 Å². The maximum absolute atomic E-state index is 15.3. The van der Waals surface area contributed by atoms with Crippen molar-refractivity contribution in [3.63, 3.8) is 0 Å². The van der Waals surface area contributed by atoms with Crippen molar-refractivity contribution in [3.8, 4) is 17.1 Å². The van der Waals surface area contributed by atoms with Gasteiger partial charge in [-0.3, -0.25) is 0 Å². The van der Waals surface area contributed by atoms with Crippen LogP contribution in [-0.2, 0) is 9.47 Å². The third-order valence-corrected chi connectivity index (χ3v) is 6.74. The number of morpholine rings is 1. The zero-order valence-corrected chi connectivity index (χ0v) is 24.3. The lowest BCUT2D eigenvalue weighted by atomic mass is 9.95. The van der Waals surface area contributed by atoms with Crippen LogP contribution in [0.1, 0.15) is 50.6 Å². The van der Waals surface area contributed by atoms with Gasteiger partial charge in [-0.15, -0.1) is 10.2 Å². The minimum atomic E-state index is -1.10. The molecule has 0 amide bonds. The second-order valence-electron chi connectivity index (χ2n) is 9.19. The van der Waals surface area contributed by atoms with E-state index in [1.54, 1.807) is 25.1 Å². The minimum absolute atomic E-state index is 0.0281. The molecule has 2 fully saturated rings. The number of benzene rings is 2. The predicted molar refractivity (Wildman–Crippen MR) is 157 cm³/mol. The Morgan fingerprint density at radius 2 is 1.71 bits per heavy atom. The van der Waals surface area contributed by atoms with Crippen LogP contribution in [0.15, 0.2) is 48.8 Å². The Labute approximate surface area is 240 Å². The third-order valence-electron chi connectivity index (χ3n) is 6.74. The van der Waals surface area contributed by atoms with E-state index < -0.39 is 11.9 Å². The predicted octanol–water partition coefficient (Wildman–Crippen LogP) is 5.28. The molecule has 2 aliphatic rings. The van der Waals surface area contributed by atoms with Crippen LogP contribution in [-0.4, -0.2) is 70.9 Å². The molecule has 2 saturated heterocycles. The van der Waals surface area contributed by atoms with Crippen LogP contribution in [0.5, 0.6) is 5.88 Å². The fourth-order valence-electron chi connectivity index (χ4n) is 4.60. The number of aromatic nitrogens is 4. The number of halogens is 1. The molecule has 0 radical (unpaired) electrons. The second kappa shape index (κ2) is 14.2. The van der Waals surface area contributed by atoms with Gasteiger partial charge in [-0.2, -0.15) is 0 Å². The van der Waals surface area contributed by atoms with Crippen LogP contribution < -0.4 is 9.64 Å². The van der Waals surface area contributed by atoms with Crippen molar-refractivity contribution < 1.29 is 23.7 Å². The third kappa shape index (κ3) is 6.78. The molecule has 218 valence electrons. The fourth-order valence-corrected chi connectivity index (χ4v) is 4.60. The van der Waals surface area contributed by atoms with Crippen LogP contribution in [0.4, 0.5) is 10.1 Å². The van der Waals surface area contributed by atoms with Gasteiger partial charge in [0, 0.05) is 35.8 Å². The van der Waals surface area contributed by atoms with Gasteiger partial charge < -0.3 is 24.2 Å². The maximum atomic E-state index is 15.3. The van der Waals surface area contributed by atoms with E-state index in [0.29, 0.717) is 54.8 Å². The number of nitrogens with zero attached hydrogens (tertiary/aromatic N) is 5. The average Bonchev–Trinajstić information content (AvgIpc) is 3.01. The highest BCUT2D eigenvalue weighted by molar-refractivity contribution is 5.94. The Hall–Kier alpha value is -3.73. The van der Waals surface area contributed by atoms with Crippen molar-refractivity contribution in [2.75, 3.05) is 44.4 Å². The second-order valence-corrected chi connectivity index (χ2v) is 9.19. The molecule has 2 aromatic carbocycles. The highest BCUT2D eigenvalue weighted by Crippen LogP contribution is 2.34. The number of anilines is 1. The standard InChI is InChI=1S/C27H26FN5O4.2C2H6/c1-16-10-22(28)21(12-20(16)27(34)23-4-5-25(32-31-23)37-18-13-36-14-18)26-19-3-2-17(11-24(19)29-15-30-26)33-6-8-35-9-7-33;2*1-2/h2-5,10-12,15,18,27,34H,6-9,13-14H2,1H3;2*1-2H3. The maximum Gasteiger partial charge on any atom is 0.233 e. The van der Waals surface area contributed by atoms with E-state index in [4.69, 9.17) is 14.2 Å². The summed E-state index contributed by atoms with van der Waals surface area (Å²) in [5.41, 5.74) is 3.94. The van der Waals surface area contributed by atoms with Crippen LogP contribution in [0, 0.1) is 12.7 Å². The van der Waals surface area contributed by atoms with E-state index >= 15 is 4.39 Å². The summed E-state index contributed by atoms with van der Waals surface area (Å²) in [6.07, 6.45) is 0.307. The number of fused-ring (bicyclic) bond motifs is 1. The van der Waals surface area contributed by atoms with Gasteiger partial charge in [0.2, 0.25) is 5.88 Å². The van der Waals surface area contributed by atoms with Crippen molar-refractivity contribution in [1.29, 1.82) is 0 Å². The molecular weight excluding hydrogens is 525 g/mol. The highest BCUT2D eigenvalue weighted by Gasteiger charge is 2.23. The normalized spacial score (nSPS) is 15.6. The molecule has 0 spiro atoms. The van der Waals surface area contributed by atoms with E-state index in [1.165, 1.54) is 12.4 Å². The molecule has 2 aromatic heterocycles. The summed E-state index contributed by atoms with van der Waals surface area (Å²) >= 11 is 0. The summed E-state index contributed by atoms with van der Waals surface area (Å²) in [5, 5.41) is 20.1. The number of hydrogen-bond donors (Lipinski definition) is 1. The van der Waals surface area contributed by atoms with Crippen molar-refractivity contribution in [2.45, 2.75) is 46.8 Å². The molecular formula is C31H38FN5O4. The van der Waals surface area contributed by atoms with Gasteiger partial charge in [-0.1, -0.05) is 27.7 Å². The van der Waals surface area contributed by atoms with Gasteiger partial charge in [0.15, 0.2) is 0 Å². The molecule has 1 N–H and O–H groups in total. The summed E-state index contributed by atoms with van der Waals surface area (Å²) in [7, 11) is 0. The van der Waals surface area contributed by atoms with Gasteiger partial charge in [0.25, 0.3) is 0 Å². The number of ether oxygens (including phenoxy) is 3. The van der Waals surface area contributed by atoms with Gasteiger partial charge in [0.1, 0.15) is 24.4 Å². The van der Waals surface area contributed by atoms with Crippen LogP contribution in [0.25, 0.3) is 22.2 Å². The summed E-state index contributed by atoms with van der Waals surface area (Å²) in [6, 6.07) is 12.3. The van der Waals surface area contributed by atoms with E-state index in [0.717, 1.165) is 29.7 Å². The first-order chi connectivity index (χ1) is 20.1. The van der Waals surface area contributed by atoms with Crippen molar-refractivity contribution in [2.24, 2.45) is 0 Å².